The van der Waals surface area contributed by atoms with E-state index in [1.54, 1.807) is 12.2 Å². The molecule has 0 heterocycles. The van der Waals surface area contributed by atoms with Crippen LogP contribution in [0.5, 0.6) is 0 Å². The second kappa shape index (κ2) is 4.23. The number of aliphatic hydroxyl groups is 1. The Bertz CT molecular complexity index is 404. The van der Waals surface area contributed by atoms with Crippen LogP contribution in [0.4, 0.5) is 0 Å². The molecule has 102 valence electrons. The molecule has 0 aromatic heterocycles. The summed E-state index contributed by atoms with van der Waals surface area (Å²) in [5.74, 6) is -0.978. The van der Waals surface area contributed by atoms with E-state index >= 15 is 0 Å². The predicted molar refractivity (Wildman–Crippen MR) is 72.2 cm³/mol. The number of carboxylic acid groups (broad SMARTS) is 1. The highest BCUT2D eigenvalue weighted by Gasteiger charge is 2.53. The molecule has 2 unspecified atom stereocenters. The predicted octanol–water partition coefficient (Wildman–Crippen LogP) is 3.01. The smallest absolute Gasteiger partial charge is 0.317 e. The van der Waals surface area contributed by atoms with Crippen molar-refractivity contribution in [2.75, 3.05) is 0 Å². The number of carboxylic acids is 1. The molecule has 2 atom stereocenters. The molecule has 0 aromatic rings. The van der Waals surface area contributed by atoms with Gasteiger partial charge < -0.3 is 10.2 Å². The van der Waals surface area contributed by atoms with Crippen LogP contribution in [0.3, 0.4) is 0 Å². The van der Waals surface area contributed by atoms with Gasteiger partial charge in [0.25, 0.3) is 0 Å². The summed E-state index contributed by atoms with van der Waals surface area (Å²) in [6, 6.07) is 0. The third-order valence-corrected chi connectivity index (χ3v) is 3.77. The van der Waals surface area contributed by atoms with Gasteiger partial charge in [0, 0.05) is 0 Å². The zero-order chi connectivity index (χ0) is 14.4. The van der Waals surface area contributed by atoms with Crippen molar-refractivity contribution in [1.29, 1.82) is 0 Å². The summed E-state index contributed by atoms with van der Waals surface area (Å²) in [5, 5.41) is 19.8. The molecule has 0 bridgehead atoms. The Morgan fingerprint density at radius 2 is 1.72 bits per heavy atom. The Hall–Kier alpha value is -1.09. The first-order valence-corrected chi connectivity index (χ1v) is 6.26. The Kier molecular flexibility index (Phi) is 3.52. The SMILES string of the molecule is CC(C)(C)C1=CC(C(=O)O)(C(C)(C)C)C(O)C=C1. The highest BCUT2D eigenvalue weighted by Crippen LogP contribution is 2.48. The Labute approximate surface area is 109 Å². The third kappa shape index (κ3) is 2.24. The van der Waals surface area contributed by atoms with E-state index < -0.39 is 22.9 Å². The summed E-state index contributed by atoms with van der Waals surface area (Å²) < 4.78 is 0. The molecule has 0 saturated heterocycles. The summed E-state index contributed by atoms with van der Waals surface area (Å²) in [6.45, 7) is 11.7. The molecular formula is C15H24O3. The van der Waals surface area contributed by atoms with Crippen molar-refractivity contribution in [1.82, 2.24) is 0 Å². The average molecular weight is 252 g/mol. The first-order valence-electron chi connectivity index (χ1n) is 6.26. The van der Waals surface area contributed by atoms with E-state index in [1.807, 2.05) is 47.6 Å². The molecule has 18 heavy (non-hydrogen) atoms. The van der Waals surface area contributed by atoms with Crippen LogP contribution in [0.25, 0.3) is 0 Å². The minimum Gasteiger partial charge on any atom is -0.480 e. The van der Waals surface area contributed by atoms with Crippen LogP contribution >= 0.6 is 0 Å². The maximum absolute atomic E-state index is 11.8. The Morgan fingerprint density at radius 3 is 2.06 bits per heavy atom. The lowest BCUT2D eigenvalue weighted by atomic mass is 9.59. The van der Waals surface area contributed by atoms with E-state index in [0.717, 1.165) is 5.57 Å². The maximum Gasteiger partial charge on any atom is 0.317 e. The van der Waals surface area contributed by atoms with Crippen molar-refractivity contribution in [3.05, 3.63) is 23.8 Å². The van der Waals surface area contributed by atoms with Crippen LogP contribution in [0.15, 0.2) is 23.8 Å². The number of rotatable bonds is 1. The number of hydrogen-bond donors (Lipinski definition) is 2. The van der Waals surface area contributed by atoms with Crippen molar-refractivity contribution in [3.63, 3.8) is 0 Å². The van der Waals surface area contributed by atoms with E-state index in [4.69, 9.17) is 0 Å². The van der Waals surface area contributed by atoms with Gasteiger partial charge in [-0.05, 0) is 16.4 Å². The molecule has 1 rings (SSSR count). The lowest BCUT2D eigenvalue weighted by molar-refractivity contribution is -0.158. The topological polar surface area (TPSA) is 57.5 Å². The fraction of sp³-hybridized carbons (Fsp3) is 0.667. The number of aliphatic hydroxyl groups excluding tert-OH is 1. The number of hydrogen-bond acceptors (Lipinski definition) is 2. The molecule has 3 heteroatoms. The lowest BCUT2D eigenvalue weighted by Gasteiger charge is -2.44. The van der Waals surface area contributed by atoms with Gasteiger partial charge in [0.2, 0.25) is 0 Å². The Morgan fingerprint density at radius 1 is 1.22 bits per heavy atom. The largest absolute Gasteiger partial charge is 0.480 e. The van der Waals surface area contributed by atoms with E-state index in [-0.39, 0.29) is 5.41 Å². The standard InChI is InChI=1S/C15H24O3/c1-13(2,3)10-7-8-11(16)15(9-10,12(17)18)14(4,5)6/h7-9,11,16H,1-6H3,(H,17,18). The monoisotopic (exact) mass is 252 g/mol. The quantitative estimate of drug-likeness (QED) is 0.754. The molecule has 3 nitrogen and oxygen atoms in total. The molecule has 0 radical (unpaired) electrons. The van der Waals surface area contributed by atoms with Crippen LogP contribution in [0, 0.1) is 16.2 Å². The number of carbonyl (C=O) groups is 1. The minimum atomic E-state index is -1.27. The molecule has 0 aromatic carbocycles. The van der Waals surface area contributed by atoms with Gasteiger partial charge in [-0.2, -0.15) is 0 Å². The zero-order valence-electron chi connectivity index (χ0n) is 12.1. The molecule has 0 fully saturated rings. The van der Waals surface area contributed by atoms with E-state index in [1.165, 1.54) is 0 Å². The van der Waals surface area contributed by atoms with Gasteiger partial charge in [-0.25, -0.2) is 0 Å². The molecular weight excluding hydrogens is 228 g/mol. The second-order valence-electron chi connectivity index (χ2n) is 7.08. The summed E-state index contributed by atoms with van der Waals surface area (Å²) in [7, 11) is 0. The van der Waals surface area contributed by atoms with Crippen LogP contribution in [-0.4, -0.2) is 22.3 Å². The van der Waals surface area contributed by atoms with Gasteiger partial charge in [0.1, 0.15) is 5.41 Å². The molecule has 0 aliphatic heterocycles. The van der Waals surface area contributed by atoms with Crippen molar-refractivity contribution in [2.45, 2.75) is 47.6 Å². The second-order valence-corrected chi connectivity index (χ2v) is 7.08. The third-order valence-electron chi connectivity index (χ3n) is 3.77. The van der Waals surface area contributed by atoms with Crippen molar-refractivity contribution >= 4 is 5.97 Å². The van der Waals surface area contributed by atoms with Gasteiger partial charge in [0.15, 0.2) is 0 Å². The van der Waals surface area contributed by atoms with Gasteiger partial charge in [-0.15, -0.1) is 0 Å². The van der Waals surface area contributed by atoms with Crippen molar-refractivity contribution < 1.29 is 15.0 Å². The minimum absolute atomic E-state index is 0.136. The average Bonchev–Trinajstić information content (AvgIpc) is 2.13. The highest BCUT2D eigenvalue weighted by molar-refractivity contribution is 5.80. The highest BCUT2D eigenvalue weighted by atomic mass is 16.4. The van der Waals surface area contributed by atoms with Gasteiger partial charge >= 0.3 is 5.97 Å². The normalized spacial score (nSPS) is 29.1. The fourth-order valence-electron chi connectivity index (χ4n) is 2.36. The Balaban J connectivity index is 3.47. The van der Waals surface area contributed by atoms with Crippen molar-refractivity contribution in [3.8, 4) is 0 Å². The fourth-order valence-corrected chi connectivity index (χ4v) is 2.36. The van der Waals surface area contributed by atoms with Gasteiger partial charge in [0.05, 0.1) is 6.10 Å². The zero-order valence-corrected chi connectivity index (χ0v) is 12.1. The van der Waals surface area contributed by atoms with E-state index in [0.29, 0.717) is 0 Å². The molecule has 2 N–H and O–H groups in total. The van der Waals surface area contributed by atoms with Crippen LogP contribution in [0.2, 0.25) is 0 Å². The first-order chi connectivity index (χ1) is 7.93. The summed E-state index contributed by atoms with van der Waals surface area (Å²) in [4.78, 5) is 11.8. The molecule has 1 aliphatic rings. The first kappa shape index (κ1) is 15.0. The van der Waals surface area contributed by atoms with Crippen LogP contribution in [-0.2, 0) is 4.79 Å². The lowest BCUT2D eigenvalue weighted by Crippen LogP contribution is -2.51. The summed E-state index contributed by atoms with van der Waals surface area (Å²) >= 11 is 0. The number of aliphatic carboxylic acids is 1. The van der Waals surface area contributed by atoms with Gasteiger partial charge in [-0.1, -0.05) is 59.8 Å². The molecule has 0 saturated carbocycles. The molecule has 0 amide bonds. The van der Waals surface area contributed by atoms with Gasteiger partial charge in [-0.3, -0.25) is 4.79 Å². The maximum atomic E-state index is 11.8. The summed E-state index contributed by atoms with van der Waals surface area (Å²) in [6.07, 6.45) is 4.17. The molecule has 0 spiro atoms. The van der Waals surface area contributed by atoms with Crippen LogP contribution < -0.4 is 0 Å². The van der Waals surface area contributed by atoms with E-state index in [2.05, 4.69) is 0 Å². The van der Waals surface area contributed by atoms with E-state index in [9.17, 15) is 15.0 Å². The molecule has 1 aliphatic carbocycles. The van der Waals surface area contributed by atoms with Crippen LogP contribution in [0.1, 0.15) is 41.5 Å². The van der Waals surface area contributed by atoms with Crippen molar-refractivity contribution in [2.24, 2.45) is 16.2 Å². The number of allylic oxidation sites excluding steroid dienone is 2. The summed E-state index contributed by atoms with van der Waals surface area (Å²) in [5.41, 5.74) is -1.03.